The number of rotatable bonds is 5. The number of aromatic nitrogens is 1. The summed E-state index contributed by atoms with van der Waals surface area (Å²) in [5.41, 5.74) is 0.398. The van der Waals surface area contributed by atoms with Crippen LogP contribution < -0.4 is 0 Å². The van der Waals surface area contributed by atoms with E-state index in [-0.39, 0.29) is 29.5 Å². The molecule has 3 aliphatic heterocycles. The first-order valence-corrected chi connectivity index (χ1v) is 10.8. The molecule has 29 heavy (non-hydrogen) atoms. The minimum atomic E-state index is -0.316. The van der Waals surface area contributed by atoms with Crippen LogP contribution >= 0.6 is 0 Å². The van der Waals surface area contributed by atoms with Crippen LogP contribution in [0, 0.1) is 12.8 Å². The predicted octanol–water partition coefficient (Wildman–Crippen LogP) is 1.77. The number of oxazole rings is 1. The van der Waals surface area contributed by atoms with Gasteiger partial charge in [0.2, 0.25) is 5.76 Å². The van der Waals surface area contributed by atoms with Gasteiger partial charge >= 0.3 is 0 Å². The smallest absolute Gasteiger partial charge is 0.291 e. The Morgan fingerprint density at radius 3 is 2.59 bits per heavy atom. The summed E-state index contributed by atoms with van der Waals surface area (Å²) < 4.78 is 17.0. The fourth-order valence-electron chi connectivity index (χ4n) is 5.13. The van der Waals surface area contributed by atoms with Crippen molar-refractivity contribution in [3.63, 3.8) is 0 Å². The minimum absolute atomic E-state index is 0.111. The summed E-state index contributed by atoms with van der Waals surface area (Å²) in [7, 11) is 0. The van der Waals surface area contributed by atoms with Gasteiger partial charge < -0.3 is 23.7 Å². The Kier molecular flexibility index (Phi) is 4.86. The molecule has 0 radical (unpaired) electrons. The number of hydrogen-bond donors (Lipinski definition) is 0. The number of piperidine rings is 1. The molecule has 8 heteroatoms. The van der Waals surface area contributed by atoms with Crippen LogP contribution in [0.25, 0.3) is 0 Å². The highest BCUT2D eigenvalue weighted by molar-refractivity contribution is 5.93. The lowest BCUT2D eigenvalue weighted by Gasteiger charge is -2.62. The molecule has 1 saturated carbocycles. The van der Waals surface area contributed by atoms with Crippen molar-refractivity contribution in [1.29, 1.82) is 0 Å². The van der Waals surface area contributed by atoms with Crippen LogP contribution in [0.5, 0.6) is 0 Å². The van der Waals surface area contributed by atoms with Crippen molar-refractivity contribution in [3.8, 4) is 0 Å². The molecule has 1 atom stereocenters. The van der Waals surface area contributed by atoms with E-state index in [1.165, 1.54) is 19.2 Å². The Balaban J connectivity index is 1.25. The van der Waals surface area contributed by atoms with Crippen LogP contribution in [0.4, 0.5) is 0 Å². The highest BCUT2D eigenvalue weighted by atomic mass is 16.5. The number of carbonyl (C=O) groups excluding carboxylic acids is 2. The van der Waals surface area contributed by atoms with E-state index in [0.29, 0.717) is 50.3 Å². The number of likely N-dealkylation sites (tertiary alicyclic amines) is 2. The zero-order valence-corrected chi connectivity index (χ0v) is 17.0. The molecule has 4 fully saturated rings. The van der Waals surface area contributed by atoms with E-state index in [0.717, 1.165) is 25.7 Å². The molecule has 4 heterocycles. The first-order valence-electron chi connectivity index (χ1n) is 10.8. The van der Waals surface area contributed by atoms with E-state index >= 15 is 0 Å². The molecule has 4 aliphatic rings. The first kappa shape index (κ1) is 19.1. The van der Waals surface area contributed by atoms with Gasteiger partial charge in [-0.15, -0.1) is 0 Å². The molecule has 2 amide bonds. The molecule has 0 N–H and O–H groups in total. The van der Waals surface area contributed by atoms with Crippen molar-refractivity contribution >= 4 is 11.8 Å². The molecule has 1 spiro atoms. The number of carbonyl (C=O) groups is 2. The van der Waals surface area contributed by atoms with Gasteiger partial charge in [-0.2, -0.15) is 0 Å². The average molecular weight is 403 g/mol. The van der Waals surface area contributed by atoms with E-state index in [1.54, 1.807) is 6.92 Å². The van der Waals surface area contributed by atoms with Crippen LogP contribution in [-0.4, -0.2) is 77.2 Å². The normalized spacial score (nSPS) is 27.3. The second-order valence-corrected chi connectivity index (χ2v) is 8.87. The molecule has 5 rings (SSSR count). The van der Waals surface area contributed by atoms with Crippen LogP contribution in [0.3, 0.4) is 0 Å². The molecule has 1 aromatic heterocycles. The van der Waals surface area contributed by atoms with Crippen LogP contribution in [0.1, 0.15) is 54.8 Å². The summed E-state index contributed by atoms with van der Waals surface area (Å²) in [6.07, 6.45) is 6.67. The van der Waals surface area contributed by atoms with Crippen molar-refractivity contribution in [2.45, 2.75) is 63.1 Å². The third-order valence-corrected chi connectivity index (χ3v) is 7.04. The molecule has 0 aromatic carbocycles. The highest BCUT2D eigenvalue weighted by Gasteiger charge is 2.63. The summed E-state index contributed by atoms with van der Waals surface area (Å²) in [5, 5.41) is 0. The van der Waals surface area contributed by atoms with E-state index in [4.69, 9.17) is 13.9 Å². The van der Waals surface area contributed by atoms with Crippen molar-refractivity contribution in [1.82, 2.24) is 14.8 Å². The zero-order chi connectivity index (χ0) is 20.0. The first-order chi connectivity index (χ1) is 14.1. The lowest BCUT2D eigenvalue weighted by atomic mass is 9.72. The SMILES string of the molecule is Cc1ncoc1C(=O)N1CCC(N2C(=O)C(OCC3CC3)C23CCOCC3)CC1. The average Bonchev–Trinajstić information content (AvgIpc) is 3.47. The maximum atomic E-state index is 13.1. The zero-order valence-electron chi connectivity index (χ0n) is 17.0. The second kappa shape index (κ2) is 7.40. The summed E-state index contributed by atoms with van der Waals surface area (Å²) >= 11 is 0. The number of nitrogens with zero attached hydrogens (tertiary/aromatic N) is 3. The molecule has 1 aromatic rings. The van der Waals surface area contributed by atoms with E-state index in [1.807, 2.05) is 4.90 Å². The van der Waals surface area contributed by atoms with Crippen molar-refractivity contribution < 1.29 is 23.5 Å². The quantitative estimate of drug-likeness (QED) is 0.697. The van der Waals surface area contributed by atoms with Crippen LogP contribution in [-0.2, 0) is 14.3 Å². The number of β-lactam (4-membered cyclic amide) rings is 1. The topological polar surface area (TPSA) is 85.1 Å². The standard InChI is InChI=1S/C21H29N3O5/c1-14-17(29-13-22-14)19(25)23-8-4-16(5-9-23)24-20(26)18(28-12-15-2-3-15)21(24)6-10-27-11-7-21/h13,15-16,18H,2-12H2,1H3. The predicted molar refractivity (Wildman–Crippen MR) is 102 cm³/mol. The lowest BCUT2D eigenvalue weighted by molar-refractivity contribution is -0.219. The molecule has 0 bridgehead atoms. The maximum absolute atomic E-state index is 13.1. The molecule has 3 saturated heterocycles. The Morgan fingerprint density at radius 2 is 1.97 bits per heavy atom. The molecular weight excluding hydrogens is 374 g/mol. The summed E-state index contributed by atoms with van der Waals surface area (Å²) in [4.78, 5) is 33.7. The maximum Gasteiger partial charge on any atom is 0.291 e. The van der Waals surface area contributed by atoms with Crippen LogP contribution in [0.2, 0.25) is 0 Å². The molecular formula is C21H29N3O5. The fourth-order valence-corrected chi connectivity index (χ4v) is 5.13. The van der Waals surface area contributed by atoms with Crippen molar-refractivity contribution in [2.75, 3.05) is 32.9 Å². The molecule has 1 unspecified atom stereocenters. The Morgan fingerprint density at radius 1 is 1.24 bits per heavy atom. The van der Waals surface area contributed by atoms with Gasteiger partial charge in [0.1, 0.15) is 0 Å². The second-order valence-electron chi connectivity index (χ2n) is 8.87. The largest absolute Gasteiger partial charge is 0.438 e. The van der Waals surface area contributed by atoms with Gasteiger partial charge in [-0.3, -0.25) is 9.59 Å². The minimum Gasteiger partial charge on any atom is -0.438 e. The Hall–Kier alpha value is -1.93. The van der Waals surface area contributed by atoms with Gasteiger partial charge in [-0.05, 0) is 51.4 Å². The van der Waals surface area contributed by atoms with Gasteiger partial charge in [0.05, 0.1) is 17.8 Å². The van der Waals surface area contributed by atoms with Gasteiger partial charge in [-0.25, -0.2) is 4.98 Å². The summed E-state index contributed by atoms with van der Waals surface area (Å²) in [6, 6.07) is 0.154. The summed E-state index contributed by atoms with van der Waals surface area (Å²) in [6.45, 7) is 5.07. The highest BCUT2D eigenvalue weighted by Crippen LogP contribution is 2.46. The molecule has 8 nitrogen and oxygen atoms in total. The van der Waals surface area contributed by atoms with Gasteiger partial charge in [0.25, 0.3) is 11.8 Å². The Bertz CT molecular complexity index is 775. The number of hydrogen-bond acceptors (Lipinski definition) is 6. The lowest BCUT2D eigenvalue weighted by Crippen LogP contribution is -2.79. The third kappa shape index (κ3) is 3.26. The fraction of sp³-hybridized carbons (Fsp3) is 0.762. The van der Waals surface area contributed by atoms with Gasteiger partial charge in [-0.1, -0.05) is 0 Å². The van der Waals surface area contributed by atoms with Crippen molar-refractivity contribution in [3.05, 3.63) is 17.8 Å². The van der Waals surface area contributed by atoms with E-state index < -0.39 is 0 Å². The van der Waals surface area contributed by atoms with Gasteiger partial charge in [0.15, 0.2) is 12.5 Å². The van der Waals surface area contributed by atoms with Crippen molar-refractivity contribution in [2.24, 2.45) is 5.92 Å². The third-order valence-electron chi connectivity index (χ3n) is 7.04. The number of ether oxygens (including phenoxy) is 2. The number of aryl methyl sites for hydroxylation is 1. The Labute approximate surface area is 170 Å². The summed E-state index contributed by atoms with van der Waals surface area (Å²) in [5.74, 6) is 0.976. The number of amides is 2. The molecule has 158 valence electrons. The monoisotopic (exact) mass is 403 g/mol. The van der Waals surface area contributed by atoms with Gasteiger partial charge in [0, 0.05) is 32.3 Å². The van der Waals surface area contributed by atoms with E-state index in [9.17, 15) is 9.59 Å². The van der Waals surface area contributed by atoms with Crippen LogP contribution in [0.15, 0.2) is 10.8 Å². The van der Waals surface area contributed by atoms with E-state index in [2.05, 4.69) is 9.88 Å². The molecule has 1 aliphatic carbocycles.